The maximum Gasteiger partial charge on any atom is 0.417 e. The van der Waals surface area contributed by atoms with E-state index in [2.05, 4.69) is 4.98 Å². The van der Waals surface area contributed by atoms with Gasteiger partial charge in [-0.15, -0.1) is 0 Å². The lowest BCUT2D eigenvalue weighted by atomic mass is 9.99. The summed E-state index contributed by atoms with van der Waals surface area (Å²) in [5.74, 6) is -1.78. The van der Waals surface area contributed by atoms with Gasteiger partial charge in [-0.25, -0.2) is 14.6 Å². The quantitative estimate of drug-likeness (QED) is 0.650. The van der Waals surface area contributed by atoms with E-state index in [1.54, 1.807) is 0 Å². The van der Waals surface area contributed by atoms with Crippen molar-refractivity contribution in [2.45, 2.75) is 81.2 Å². The average molecular weight is 479 g/mol. The first-order valence-electron chi connectivity index (χ1n) is 11.4. The molecule has 12 heteroatoms. The van der Waals surface area contributed by atoms with E-state index in [0.717, 1.165) is 30.4 Å². The Balaban J connectivity index is 1.47. The molecule has 1 aromatic heterocycles. The number of anilines is 1. The van der Waals surface area contributed by atoms with Crippen molar-refractivity contribution in [3.8, 4) is 0 Å². The number of carbonyl (C=O) groups excluding carboxylic acids is 4. The van der Waals surface area contributed by atoms with Gasteiger partial charge < -0.3 is 10.6 Å². The molecule has 4 fully saturated rings. The molecule has 9 nitrogen and oxygen atoms in total. The Kier molecular flexibility index (Phi) is 5.19. The number of imide groups is 2. The lowest BCUT2D eigenvalue weighted by Gasteiger charge is -2.35. The van der Waals surface area contributed by atoms with Crippen molar-refractivity contribution in [2.24, 2.45) is 5.73 Å². The van der Waals surface area contributed by atoms with Crippen LogP contribution in [0, 0.1) is 0 Å². The summed E-state index contributed by atoms with van der Waals surface area (Å²) in [5.41, 5.74) is 3.16. The summed E-state index contributed by atoms with van der Waals surface area (Å²) in [5, 5.41) is 0. The molecule has 1 saturated carbocycles. The largest absolute Gasteiger partial charge is 0.417 e. The van der Waals surface area contributed by atoms with Crippen LogP contribution in [0.2, 0.25) is 0 Å². The zero-order valence-electron chi connectivity index (χ0n) is 18.3. The van der Waals surface area contributed by atoms with Gasteiger partial charge in [0, 0.05) is 12.2 Å². The van der Waals surface area contributed by atoms with E-state index in [9.17, 15) is 32.3 Å². The molecule has 0 bridgehead atoms. The van der Waals surface area contributed by atoms with Crippen molar-refractivity contribution in [3.05, 3.63) is 24.0 Å². The van der Waals surface area contributed by atoms with Crippen molar-refractivity contribution in [3.63, 3.8) is 0 Å². The first-order valence-corrected chi connectivity index (χ1v) is 11.4. The predicted octanol–water partition coefficient (Wildman–Crippen LogP) is 2.19. The number of fused-ring (bicyclic) bond motifs is 1. The van der Waals surface area contributed by atoms with Gasteiger partial charge in [0.25, 0.3) is 11.8 Å². The van der Waals surface area contributed by atoms with E-state index >= 15 is 0 Å². The second-order valence-electron chi connectivity index (χ2n) is 9.44. The summed E-state index contributed by atoms with van der Waals surface area (Å²) in [4.78, 5) is 59.7. The van der Waals surface area contributed by atoms with Gasteiger partial charge in [0.2, 0.25) is 5.91 Å². The van der Waals surface area contributed by atoms with Gasteiger partial charge in [-0.1, -0.05) is 12.8 Å². The van der Waals surface area contributed by atoms with Crippen molar-refractivity contribution < 1.29 is 32.3 Å². The molecule has 182 valence electrons. The van der Waals surface area contributed by atoms with Gasteiger partial charge in [0.15, 0.2) is 0 Å². The summed E-state index contributed by atoms with van der Waals surface area (Å²) in [6.07, 6.45) is 1.13. The fourth-order valence-electron chi connectivity index (χ4n) is 5.42. The molecular weight excluding hydrogens is 455 g/mol. The van der Waals surface area contributed by atoms with Crippen LogP contribution in [0.4, 0.5) is 23.7 Å². The average Bonchev–Trinajstić information content (AvgIpc) is 3.41. The molecule has 5 rings (SSSR count). The zero-order valence-corrected chi connectivity index (χ0v) is 18.3. The van der Waals surface area contributed by atoms with Gasteiger partial charge in [-0.3, -0.25) is 19.4 Å². The number of alkyl halides is 3. The number of carbonyl (C=O) groups is 4. The Hall–Kier alpha value is -3.02. The summed E-state index contributed by atoms with van der Waals surface area (Å²) in [7, 11) is 0. The van der Waals surface area contributed by atoms with Crippen LogP contribution < -0.4 is 10.6 Å². The summed E-state index contributed by atoms with van der Waals surface area (Å²) < 4.78 is 39.5. The third-order valence-electron chi connectivity index (χ3n) is 7.33. The molecule has 0 unspecified atom stereocenters. The van der Waals surface area contributed by atoms with Gasteiger partial charge >= 0.3 is 12.2 Å². The summed E-state index contributed by atoms with van der Waals surface area (Å²) >= 11 is 0. The Morgan fingerprint density at radius 3 is 2.44 bits per heavy atom. The van der Waals surface area contributed by atoms with Crippen LogP contribution >= 0.6 is 0 Å². The minimum atomic E-state index is -4.72. The molecule has 3 atom stereocenters. The van der Waals surface area contributed by atoms with Crippen molar-refractivity contribution in [1.29, 1.82) is 0 Å². The number of pyridine rings is 1. The maximum atomic E-state index is 13.7. The van der Waals surface area contributed by atoms with Crippen LogP contribution in [-0.4, -0.2) is 62.2 Å². The SMILES string of the molecule is N[C@H]1CCCC[C@H]2CC[C@@H](C(=O)N3C(=O)N(c4cncc(C(F)(F)F)c4)C(=O)C34CC4)N2C1=O. The number of urea groups is 1. The smallest absolute Gasteiger partial charge is 0.326 e. The van der Waals surface area contributed by atoms with Crippen LogP contribution in [0.5, 0.6) is 0 Å². The molecular formula is C22H24F3N5O4. The molecule has 1 aliphatic carbocycles. The molecule has 0 aromatic carbocycles. The molecule has 3 aliphatic heterocycles. The van der Waals surface area contributed by atoms with Crippen LogP contribution in [0.15, 0.2) is 18.5 Å². The van der Waals surface area contributed by atoms with Crippen LogP contribution in [0.1, 0.15) is 56.9 Å². The fourth-order valence-corrected chi connectivity index (χ4v) is 5.42. The highest BCUT2D eigenvalue weighted by atomic mass is 19.4. The first-order chi connectivity index (χ1) is 16.1. The number of aromatic nitrogens is 1. The third-order valence-corrected chi connectivity index (χ3v) is 7.33. The van der Waals surface area contributed by atoms with Gasteiger partial charge in [-0.2, -0.15) is 13.2 Å². The second-order valence-corrected chi connectivity index (χ2v) is 9.44. The minimum Gasteiger partial charge on any atom is -0.326 e. The van der Waals surface area contributed by atoms with E-state index in [0.29, 0.717) is 36.4 Å². The van der Waals surface area contributed by atoms with E-state index < -0.39 is 47.2 Å². The van der Waals surface area contributed by atoms with Crippen molar-refractivity contribution in [1.82, 2.24) is 14.8 Å². The number of nitrogens with zero attached hydrogens (tertiary/aromatic N) is 4. The highest BCUT2D eigenvalue weighted by Gasteiger charge is 2.68. The molecule has 4 aliphatic rings. The normalized spacial score (nSPS) is 28.9. The zero-order chi connectivity index (χ0) is 24.4. The van der Waals surface area contributed by atoms with Crippen molar-refractivity contribution in [2.75, 3.05) is 4.90 Å². The third kappa shape index (κ3) is 3.38. The van der Waals surface area contributed by atoms with Gasteiger partial charge in [0.1, 0.15) is 11.6 Å². The lowest BCUT2D eigenvalue weighted by Crippen LogP contribution is -2.57. The Bertz CT molecular complexity index is 1070. The molecule has 0 radical (unpaired) electrons. The molecule has 1 spiro atoms. The van der Waals surface area contributed by atoms with Crippen molar-refractivity contribution >= 4 is 29.4 Å². The molecule has 3 saturated heterocycles. The first kappa shape index (κ1) is 22.8. The molecule has 4 heterocycles. The number of halogens is 3. The van der Waals surface area contributed by atoms with Crippen LogP contribution in [-0.2, 0) is 20.6 Å². The number of hydrogen-bond acceptors (Lipinski definition) is 6. The maximum absolute atomic E-state index is 13.7. The van der Waals surface area contributed by atoms with E-state index in [-0.39, 0.29) is 30.5 Å². The van der Waals surface area contributed by atoms with E-state index in [4.69, 9.17) is 5.73 Å². The fraction of sp³-hybridized carbons (Fsp3) is 0.591. The Morgan fingerprint density at radius 2 is 1.76 bits per heavy atom. The topological polar surface area (TPSA) is 117 Å². The molecule has 34 heavy (non-hydrogen) atoms. The lowest BCUT2D eigenvalue weighted by molar-refractivity contribution is -0.146. The standard InChI is InChI=1S/C22H24F3N5O4/c23-22(24,25)12-9-14(11-27-10-12)29-19(33)21(7-8-21)30(20(29)34)18(32)16-6-5-13-3-1-2-4-15(26)17(31)28(13)16/h9-11,13,15-16H,1-8,26H2/t13-,15-,16-/m0/s1. The number of rotatable bonds is 2. The second kappa shape index (κ2) is 7.76. The van der Waals surface area contributed by atoms with Crippen LogP contribution in [0.3, 0.4) is 0 Å². The molecule has 1 aromatic rings. The summed E-state index contributed by atoms with van der Waals surface area (Å²) in [6.45, 7) is 0. The Labute approximate surface area is 193 Å². The number of hydrogen-bond donors (Lipinski definition) is 1. The van der Waals surface area contributed by atoms with E-state index in [1.165, 1.54) is 4.90 Å². The van der Waals surface area contributed by atoms with Crippen LogP contribution in [0.25, 0.3) is 0 Å². The Morgan fingerprint density at radius 1 is 1.06 bits per heavy atom. The summed E-state index contributed by atoms with van der Waals surface area (Å²) in [6, 6.07) is -2.19. The van der Waals surface area contributed by atoms with Gasteiger partial charge in [-0.05, 0) is 44.6 Å². The molecule has 2 N–H and O–H groups in total. The predicted molar refractivity (Wildman–Crippen MR) is 111 cm³/mol. The highest BCUT2D eigenvalue weighted by Crippen LogP contribution is 2.50. The number of amides is 5. The van der Waals surface area contributed by atoms with E-state index in [1.807, 2.05) is 0 Å². The monoisotopic (exact) mass is 479 g/mol. The van der Waals surface area contributed by atoms with Gasteiger partial charge in [0.05, 0.1) is 23.5 Å². The molecule has 5 amide bonds. The minimum absolute atomic E-state index is 0.167. The highest BCUT2D eigenvalue weighted by molar-refractivity contribution is 6.29. The number of nitrogens with two attached hydrogens (primary N) is 1.